The molecule has 1 saturated carbocycles. The summed E-state index contributed by atoms with van der Waals surface area (Å²) < 4.78 is 0. The van der Waals surface area contributed by atoms with Gasteiger partial charge in [0.25, 0.3) is 5.69 Å². The number of nitro benzene ring substituents is 1. The summed E-state index contributed by atoms with van der Waals surface area (Å²) in [5.74, 6) is 0.0729. The lowest BCUT2D eigenvalue weighted by atomic mass is 10.1. The lowest BCUT2D eigenvalue weighted by Gasteiger charge is -2.15. The molecule has 5 heteroatoms. The van der Waals surface area contributed by atoms with Gasteiger partial charge in [0, 0.05) is 24.7 Å². The summed E-state index contributed by atoms with van der Waals surface area (Å²) >= 11 is 0. The van der Waals surface area contributed by atoms with E-state index in [0.29, 0.717) is 6.54 Å². The van der Waals surface area contributed by atoms with Crippen LogP contribution in [-0.2, 0) is 6.54 Å². The molecule has 94 valence electrons. The average molecular weight is 245 g/mol. The van der Waals surface area contributed by atoms with E-state index in [1.165, 1.54) is 6.07 Å². The van der Waals surface area contributed by atoms with Crippen molar-refractivity contribution in [2.24, 2.45) is 5.92 Å². The van der Waals surface area contributed by atoms with E-state index in [-0.39, 0.29) is 17.6 Å². The number of nitrogens with one attached hydrogen (secondary N) is 1. The molecular weight excluding hydrogens is 230 g/mol. The maximum absolute atomic E-state index is 10.7. The van der Waals surface area contributed by atoms with Crippen LogP contribution < -0.4 is 5.32 Å². The molecule has 5 nitrogen and oxygen atoms in total. The highest BCUT2D eigenvalue weighted by Gasteiger charge is 2.26. The highest BCUT2D eigenvalue weighted by atomic mass is 16.6. The second-order valence-corrected chi connectivity index (χ2v) is 4.58. The van der Waals surface area contributed by atoms with Crippen LogP contribution in [0.5, 0.6) is 0 Å². The van der Waals surface area contributed by atoms with Gasteiger partial charge in [-0.3, -0.25) is 10.1 Å². The van der Waals surface area contributed by atoms with Gasteiger partial charge < -0.3 is 5.32 Å². The molecule has 1 fully saturated rings. The van der Waals surface area contributed by atoms with Gasteiger partial charge in [-0.1, -0.05) is 18.6 Å². The average Bonchev–Trinajstić information content (AvgIpc) is 2.84. The van der Waals surface area contributed by atoms with Crippen molar-refractivity contribution in [3.8, 4) is 6.07 Å². The van der Waals surface area contributed by atoms with Crippen molar-refractivity contribution in [1.29, 1.82) is 5.26 Å². The molecule has 0 saturated heterocycles. The van der Waals surface area contributed by atoms with Crippen molar-refractivity contribution in [3.63, 3.8) is 0 Å². The molecule has 0 radical (unpaired) electrons. The molecule has 0 bridgehead atoms. The zero-order valence-corrected chi connectivity index (χ0v) is 10.0. The number of hydrogen-bond acceptors (Lipinski definition) is 4. The van der Waals surface area contributed by atoms with Gasteiger partial charge in [-0.2, -0.15) is 5.26 Å². The minimum absolute atomic E-state index is 0.0729. The normalized spacial score (nSPS) is 22.6. The molecule has 0 aliphatic heterocycles. The van der Waals surface area contributed by atoms with Crippen LogP contribution in [0.25, 0.3) is 0 Å². The van der Waals surface area contributed by atoms with E-state index < -0.39 is 4.92 Å². The van der Waals surface area contributed by atoms with Crippen molar-refractivity contribution in [1.82, 2.24) is 5.32 Å². The molecule has 1 aromatic carbocycles. The van der Waals surface area contributed by atoms with E-state index in [9.17, 15) is 10.1 Å². The van der Waals surface area contributed by atoms with E-state index in [0.717, 1.165) is 24.8 Å². The Morgan fingerprint density at radius 3 is 3.06 bits per heavy atom. The second-order valence-electron chi connectivity index (χ2n) is 4.58. The molecular formula is C13H15N3O2. The maximum atomic E-state index is 10.7. The van der Waals surface area contributed by atoms with E-state index in [1.807, 2.05) is 6.07 Å². The standard InChI is InChI=1S/C13H15N3O2/c14-8-11-4-2-6-13(11)15-9-10-3-1-5-12(7-10)16(17)18/h1,3,5,7,11,13,15H,2,4,6,9H2. The number of benzene rings is 1. The summed E-state index contributed by atoms with van der Waals surface area (Å²) in [6.45, 7) is 0.574. The van der Waals surface area contributed by atoms with Gasteiger partial charge in [0.05, 0.1) is 16.9 Å². The summed E-state index contributed by atoms with van der Waals surface area (Å²) in [6, 6.07) is 9.13. The monoisotopic (exact) mass is 245 g/mol. The highest BCUT2D eigenvalue weighted by molar-refractivity contribution is 5.34. The minimum atomic E-state index is -0.392. The summed E-state index contributed by atoms with van der Waals surface area (Å²) in [7, 11) is 0. The van der Waals surface area contributed by atoms with Crippen LogP contribution in [0.2, 0.25) is 0 Å². The molecule has 0 heterocycles. The van der Waals surface area contributed by atoms with E-state index in [2.05, 4.69) is 11.4 Å². The Morgan fingerprint density at radius 2 is 2.33 bits per heavy atom. The third-order valence-corrected chi connectivity index (χ3v) is 3.37. The van der Waals surface area contributed by atoms with Crippen molar-refractivity contribution >= 4 is 5.69 Å². The number of nitriles is 1. The van der Waals surface area contributed by atoms with Gasteiger partial charge in [-0.15, -0.1) is 0 Å². The van der Waals surface area contributed by atoms with Crippen LogP contribution in [0.3, 0.4) is 0 Å². The number of hydrogen-bond donors (Lipinski definition) is 1. The summed E-state index contributed by atoms with van der Waals surface area (Å²) in [4.78, 5) is 10.3. The van der Waals surface area contributed by atoms with Gasteiger partial charge in [0.1, 0.15) is 0 Å². The quantitative estimate of drug-likeness (QED) is 0.652. The van der Waals surface area contributed by atoms with E-state index in [1.54, 1.807) is 12.1 Å². The Hall–Kier alpha value is -1.93. The SMILES string of the molecule is N#CC1CCCC1NCc1cccc([N+](=O)[O-])c1. The lowest BCUT2D eigenvalue weighted by Crippen LogP contribution is -2.31. The fraction of sp³-hybridized carbons (Fsp3) is 0.462. The molecule has 2 unspecified atom stereocenters. The van der Waals surface area contributed by atoms with Gasteiger partial charge in [0.15, 0.2) is 0 Å². The van der Waals surface area contributed by atoms with Gasteiger partial charge >= 0.3 is 0 Å². The predicted molar refractivity (Wildman–Crippen MR) is 66.7 cm³/mol. The van der Waals surface area contributed by atoms with E-state index in [4.69, 9.17) is 5.26 Å². The molecule has 0 spiro atoms. The lowest BCUT2D eigenvalue weighted by molar-refractivity contribution is -0.384. The zero-order valence-electron chi connectivity index (χ0n) is 10.0. The van der Waals surface area contributed by atoms with Crippen LogP contribution in [0, 0.1) is 27.4 Å². The molecule has 0 amide bonds. The Labute approximate surface area is 106 Å². The molecule has 1 aliphatic carbocycles. The van der Waals surface area contributed by atoms with Crippen LogP contribution in [0.15, 0.2) is 24.3 Å². The van der Waals surface area contributed by atoms with Crippen LogP contribution in [-0.4, -0.2) is 11.0 Å². The van der Waals surface area contributed by atoms with Crippen molar-refractivity contribution in [3.05, 3.63) is 39.9 Å². The van der Waals surface area contributed by atoms with Crippen LogP contribution in [0.1, 0.15) is 24.8 Å². The summed E-state index contributed by atoms with van der Waals surface area (Å²) in [5, 5.41) is 22.9. The number of nitro groups is 1. The Balaban J connectivity index is 1.96. The topological polar surface area (TPSA) is 79.0 Å². The molecule has 1 aliphatic rings. The molecule has 18 heavy (non-hydrogen) atoms. The van der Waals surface area contributed by atoms with Crippen LogP contribution >= 0.6 is 0 Å². The summed E-state index contributed by atoms with van der Waals surface area (Å²) in [6.07, 6.45) is 3.03. The zero-order chi connectivity index (χ0) is 13.0. The number of rotatable bonds is 4. The van der Waals surface area contributed by atoms with Crippen molar-refractivity contribution in [2.75, 3.05) is 0 Å². The maximum Gasteiger partial charge on any atom is 0.269 e. The first-order chi connectivity index (χ1) is 8.70. The first kappa shape index (κ1) is 12.5. The minimum Gasteiger partial charge on any atom is -0.309 e. The third-order valence-electron chi connectivity index (χ3n) is 3.37. The third kappa shape index (κ3) is 2.84. The first-order valence-corrected chi connectivity index (χ1v) is 6.07. The molecule has 1 N–H and O–H groups in total. The van der Waals surface area contributed by atoms with Crippen LogP contribution in [0.4, 0.5) is 5.69 Å². The number of non-ortho nitro benzene ring substituents is 1. The molecule has 2 atom stereocenters. The first-order valence-electron chi connectivity index (χ1n) is 6.07. The van der Waals surface area contributed by atoms with Gasteiger partial charge in [0.2, 0.25) is 0 Å². The summed E-state index contributed by atoms with van der Waals surface area (Å²) in [5.41, 5.74) is 0.991. The van der Waals surface area contributed by atoms with Gasteiger partial charge in [-0.05, 0) is 18.4 Å². The van der Waals surface area contributed by atoms with E-state index >= 15 is 0 Å². The molecule has 0 aromatic heterocycles. The van der Waals surface area contributed by atoms with Gasteiger partial charge in [-0.25, -0.2) is 0 Å². The Morgan fingerprint density at radius 1 is 1.50 bits per heavy atom. The predicted octanol–water partition coefficient (Wildman–Crippen LogP) is 2.38. The Bertz CT molecular complexity index is 481. The fourth-order valence-electron chi connectivity index (χ4n) is 2.39. The smallest absolute Gasteiger partial charge is 0.269 e. The second kappa shape index (κ2) is 5.61. The Kier molecular flexibility index (Phi) is 3.90. The van der Waals surface area contributed by atoms with Crippen molar-refractivity contribution in [2.45, 2.75) is 31.8 Å². The molecule has 2 rings (SSSR count). The fourth-order valence-corrected chi connectivity index (χ4v) is 2.39. The highest BCUT2D eigenvalue weighted by Crippen LogP contribution is 2.25. The largest absolute Gasteiger partial charge is 0.309 e. The van der Waals surface area contributed by atoms with Crippen molar-refractivity contribution < 1.29 is 4.92 Å². The molecule has 1 aromatic rings. The number of nitrogens with zero attached hydrogens (tertiary/aromatic N) is 2.